The van der Waals surface area contributed by atoms with Gasteiger partial charge in [-0.3, -0.25) is 4.79 Å². The zero-order valence-electron chi connectivity index (χ0n) is 12.0. The van der Waals surface area contributed by atoms with Crippen LogP contribution in [0.4, 0.5) is 0 Å². The fraction of sp³-hybridized carbons (Fsp3) is 0.133. The molecule has 8 heteroatoms. The number of ketones is 1. The Kier molecular flexibility index (Phi) is 4.12. The molecular formula is C15H12BrClN2O3S. The minimum absolute atomic E-state index is 0.252. The van der Waals surface area contributed by atoms with E-state index in [0.29, 0.717) is 26.3 Å². The molecule has 5 nitrogen and oxygen atoms in total. The summed E-state index contributed by atoms with van der Waals surface area (Å²) in [7, 11) is -3.43. The normalized spacial score (nSPS) is 12.0. The van der Waals surface area contributed by atoms with E-state index in [1.807, 2.05) is 6.07 Å². The van der Waals surface area contributed by atoms with Crippen molar-refractivity contribution >= 4 is 54.1 Å². The number of hydrogen-bond donors (Lipinski definition) is 2. The van der Waals surface area contributed by atoms with Crippen LogP contribution in [-0.2, 0) is 9.84 Å². The molecule has 0 fully saturated rings. The molecule has 0 aliphatic heterocycles. The molecule has 0 unspecified atom stereocenters. The number of rotatable bonds is 4. The molecule has 0 aliphatic rings. The second-order valence-electron chi connectivity index (χ2n) is 5.26. The summed E-state index contributed by atoms with van der Waals surface area (Å²) in [4.78, 5) is 18.5. The molecule has 0 spiro atoms. The van der Waals surface area contributed by atoms with E-state index in [0.717, 1.165) is 11.6 Å². The van der Waals surface area contributed by atoms with E-state index in [1.165, 1.54) is 0 Å². The molecule has 23 heavy (non-hydrogen) atoms. The summed E-state index contributed by atoms with van der Waals surface area (Å²) in [6.45, 7) is 0. The molecule has 0 saturated heterocycles. The number of benzene rings is 1. The SMILES string of the molecule is CS(=O)(=O)CC(=O)c1[nH]c2cc(Br)c(Cl)cc2c1-c1ccc[nH]1. The Balaban J connectivity index is 2.28. The summed E-state index contributed by atoms with van der Waals surface area (Å²) in [5.74, 6) is -1.04. The Morgan fingerprint density at radius 3 is 2.70 bits per heavy atom. The van der Waals surface area contributed by atoms with E-state index in [-0.39, 0.29) is 5.69 Å². The van der Waals surface area contributed by atoms with Crippen molar-refractivity contribution in [3.63, 3.8) is 0 Å². The Hall–Kier alpha value is -1.57. The van der Waals surface area contributed by atoms with Gasteiger partial charge in [0.2, 0.25) is 0 Å². The number of aromatic nitrogens is 2. The number of hydrogen-bond acceptors (Lipinski definition) is 3. The lowest BCUT2D eigenvalue weighted by atomic mass is 10.1. The molecule has 0 radical (unpaired) electrons. The zero-order chi connectivity index (χ0) is 16.8. The van der Waals surface area contributed by atoms with Gasteiger partial charge >= 0.3 is 0 Å². The van der Waals surface area contributed by atoms with Gasteiger partial charge in [-0.05, 0) is 40.2 Å². The highest BCUT2D eigenvalue weighted by Gasteiger charge is 2.23. The maximum absolute atomic E-state index is 12.4. The van der Waals surface area contributed by atoms with Crippen molar-refractivity contribution in [1.82, 2.24) is 9.97 Å². The molecule has 2 aromatic heterocycles. The third-order valence-electron chi connectivity index (χ3n) is 3.38. The lowest BCUT2D eigenvalue weighted by Crippen LogP contribution is -2.15. The minimum atomic E-state index is -3.43. The highest BCUT2D eigenvalue weighted by Crippen LogP contribution is 2.36. The van der Waals surface area contributed by atoms with Gasteiger partial charge in [0.05, 0.1) is 10.7 Å². The molecule has 3 aromatic rings. The molecule has 120 valence electrons. The van der Waals surface area contributed by atoms with Crippen LogP contribution in [-0.4, -0.2) is 36.2 Å². The van der Waals surface area contributed by atoms with Crippen LogP contribution in [0.15, 0.2) is 34.9 Å². The van der Waals surface area contributed by atoms with Crippen molar-refractivity contribution in [3.8, 4) is 11.3 Å². The van der Waals surface area contributed by atoms with Gasteiger partial charge in [0.15, 0.2) is 15.6 Å². The molecule has 3 rings (SSSR count). The van der Waals surface area contributed by atoms with Gasteiger partial charge in [0.1, 0.15) is 5.75 Å². The fourth-order valence-electron chi connectivity index (χ4n) is 2.47. The fourth-order valence-corrected chi connectivity index (χ4v) is 3.60. The van der Waals surface area contributed by atoms with Crippen molar-refractivity contribution in [1.29, 1.82) is 0 Å². The molecule has 0 atom stereocenters. The summed E-state index contributed by atoms with van der Waals surface area (Å²) in [5.41, 5.74) is 2.28. The first-order valence-corrected chi connectivity index (χ1v) is 9.85. The summed E-state index contributed by atoms with van der Waals surface area (Å²) in [5, 5.41) is 1.25. The van der Waals surface area contributed by atoms with Crippen molar-refractivity contribution in [3.05, 3.63) is 45.7 Å². The average Bonchev–Trinajstić information content (AvgIpc) is 3.04. The maximum Gasteiger partial charge on any atom is 0.194 e. The van der Waals surface area contributed by atoms with Crippen LogP contribution in [0.3, 0.4) is 0 Å². The van der Waals surface area contributed by atoms with E-state index in [4.69, 9.17) is 11.6 Å². The molecule has 0 saturated carbocycles. The van der Waals surface area contributed by atoms with Crippen LogP contribution in [0.2, 0.25) is 5.02 Å². The predicted octanol–water partition coefficient (Wildman–Crippen LogP) is 3.81. The largest absolute Gasteiger partial charge is 0.361 e. The number of halogens is 2. The summed E-state index contributed by atoms with van der Waals surface area (Å²) in [6, 6.07) is 7.13. The van der Waals surface area contributed by atoms with E-state index in [2.05, 4.69) is 25.9 Å². The number of fused-ring (bicyclic) bond motifs is 1. The van der Waals surface area contributed by atoms with Crippen LogP contribution >= 0.6 is 27.5 Å². The Morgan fingerprint density at radius 1 is 1.35 bits per heavy atom. The monoisotopic (exact) mass is 414 g/mol. The Morgan fingerprint density at radius 2 is 2.09 bits per heavy atom. The van der Waals surface area contributed by atoms with E-state index >= 15 is 0 Å². The number of aromatic amines is 2. The number of carbonyl (C=O) groups is 1. The third kappa shape index (κ3) is 3.22. The van der Waals surface area contributed by atoms with Crippen LogP contribution < -0.4 is 0 Å². The summed E-state index contributed by atoms with van der Waals surface area (Å²) in [6.07, 6.45) is 2.77. The maximum atomic E-state index is 12.4. The minimum Gasteiger partial charge on any atom is -0.361 e. The summed E-state index contributed by atoms with van der Waals surface area (Å²) < 4.78 is 23.6. The van der Waals surface area contributed by atoms with Crippen LogP contribution in [0.5, 0.6) is 0 Å². The van der Waals surface area contributed by atoms with Gasteiger partial charge in [0, 0.05) is 39.1 Å². The Bertz CT molecular complexity index is 1010. The highest BCUT2D eigenvalue weighted by atomic mass is 79.9. The van der Waals surface area contributed by atoms with E-state index in [9.17, 15) is 13.2 Å². The molecule has 2 N–H and O–H groups in total. The lowest BCUT2D eigenvalue weighted by molar-refractivity contribution is 0.101. The average molecular weight is 416 g/mol. The zero-order valence-corrected chi connectivity index (χ0v) is 15.1. The number of sulfone groups is 1. The molecule has 2 heterocycles. The molecule has 0 aliphatic carbocycles. The second-order valence-corrected chi connectivity index (χ2v) is 8.67. The molecule has 0 amide bonds. The van der Waals surface area contributed by atoms with Crippen molar-refractivity contribution in [2.45, 2.75) is 0 Å². The molecule has 0 bridgehead atoms. The van der Waals surface area contributed by atoms with Crippen LogP contribution in [0.25, 0.3) is 22.2 Å². The smallest absolute Gasteiger partial charge is 0.194 e. The Labute approximate surface area is 146 Å². The standard InChI is InChI=1S/C15H12BrClN2O3S/c1-23(21,22)7-13(20)15-14(11-3-2-4-18-11)8-5-10(17)9(16)6-12(8)19-15/h2-6,18-19H,7H2,1H3. The van der Waals surface area contributed by atoms with Crippen molar-refractivity contribution in [2.75, 3.05) is 12.0 Å². The number of Topliss-reactive ketones (excluding diaryl/α,β-unsaturated/α-hetero) is 1. The predicted molar refractivity (Wildman–Crippen MR) is 94.8 cm³/mol. The number of H-pyrrole nitrogens is 2. The number of carbonyl (C=O) groups excluding carboxylic acids is 1. The highest BCUT2D eigenvalue weighted by molar-refractivity contribution is 9.10. The van der Waals surface area contributed by atoms with Crippen molar-refractivity contribution in [2.24, 2.45) is 0 Å². The van der Waals surface area contributed by atoms with Gasteiger partial charge in [-0.1, -0.05) is 11.6 Å². The van der Waals surface area contributed by atoms with Gasteiger partial charge in [-0.25, -0.2) is 8.42 Å². The topological polar surface area (TPSA) is 82.8 Å². The second kappa shape index (κ2) is 5.81. The van der Waals surface area contributed by atoms with Gasteiger partial charge in [0.25, 0.3) is 0 Å². The van der Waals surface area contributed by atoms with E-state index < -0.39 is 21.4 Å². The molecule has 1 aromatic carbocycles. The van der Waals surface area contributed by atoms with Crippen LogP contribution in [0, 0.1) is 0 Å². The quantitative estimate of drug-likeness (QED) is 0.636. The van der Waals surface area contributed by atoms with Gasteiger partial charge in [-0.15, -0.1) is 0 Å². The van der Waals surface area contributed by atoms with E-state index in [1.54, 1.807) is 24.4 Å². The van der Waals surface area contributed by atoms with Crippen molar-refractivity contribution < 1.29 is 13.2 Å². The third-order valence-corrected chi connectivity index (χ3v) is 5.36. The first-order valence-electron chi connectivity index (χ1n) is 6.61. The first-order chi connectivity index (χ1) is 10.8. The van der Waals surface area contributed by atoms with Gasteiger partial charge in [-0.2, -0.15) is 0 Å². The number of nitrogens with one attached hydrogen (secondary N) is 2. The first kappa shape index (κ1) is 16.3. The van der Waals surface area contributed by atoms with Crippen LogP contribution in [0.1, 0.15) is 10.5 Å². The van der Waals surface area contributed by atoms with Gasteiger partial charge < -0.3 is 9.97 Å². The lowest BCUT2D eigenvalue weighted by Gasteiger charge is -2.03. The summed E-state index contributed by atoms with van der Waals surface area (Å²) >= 11 is 9.51. The molecular weight excluding hydrogens is 404 g/mol.